The van der Waals surface area contributed by atoms with E-state index in [1.807, 2.05) is 0 Å². The van der Waals surface area contributed by atoms with Gasteiger partial charge in [-0.1, -0.05) is 47.5 Å². The number of aryl methyl sites for hydroxylation is 1. The van der Waals surface area contributed by atoms with Gasteiger partial charge in [0.25, 0.3) is 5.91 Å². The van der Waals surface area contributed by atoms with E-state index in [-0.39, 0.29) is 17.5 Å². The van der Waals surface area contributed by atoms with Gasteiger partial charge in [0, 0.05) is 24.8 Å². The minimum atomic E-state index is -4.64. The molecule has 1 aliphatic rings. The van der Waals surface area contributed by atoms with Crippen molar-refractivity contribution in [1.29, 1.82) is 0 Å². The number of alkyl halides is 3. The summed E-state index contributed by atoms with van der Waals surface area (Å²) < 4.78 is 59.8. The quantitative estimate of drug-likeness (QED) is 0.374. The van der Waals surface area contributed by atoms with Crippen LogP contribution < -0.4 is 5.32 Å². The molecule has 1 aliphatic heterocycles. The van der Waals surface area contributed by atoms with E-state index in [4.69, 9.17) is 27.9 Å². The molecule has 0 aliphatic carbocycles. The zero-order valence-electron chi connectivity index (χ0n) is 17.1. The van der Waals surface area contributed by atoms with Crippen molar-refractivity contribution >= 4 is 35.2 Å². The highest BCUT2D eigenvalue weighted by molar-refractivity contribution is 6.35. The van der Waals surface area contributed by atoms with Gasteiger partial charge in [-0.15, -0.1) is 0 Å². The van der Waals surface area contributed by atoms with Gasteiger partial charge < -0.3 is 10.1 Å². The first-order valence-corrected chi connectivity index (χ1v) is 10.7. The Labute approximate surface area is 193 Å². The van der Waals surface area contributed by atoms with Crippen molar-refractivity contribution in [2.24, 2.45) is 0 Å². The molecule has 1 atom stereocenters. The lowest BCUT2D eigenvalue weighted by molar-refractivity contribution is -0.139. The van der Waals surface area contributed by atoms with Gasteiger partial charge in [-0.25, -0.2) is 4.39 Å². The predicted molar refractivity (Wildman–Crippen MR) is 117 cm³/mol. The lowest BCUT2D eigenvalue weighted by atomic mass is 9.96. The fraction of sp³-hybridized carbons (Fsp3) is 0.348. The SMILES string of the molecule is Cc1cc(C=CC(c2cc(Cl)c(F)c(Cl)c2)C(F)(F)F)ccc1C(=O)NC1CCOCC1. The molecule has 3 nitrogen and oxygen atoms in total. The van der Waals surface area contributed by atoms with E-state index < -0.39 is 28.0 Å². The van der Waals surface area contributed by atoms with Crippen molar-refractivity contribution in [1.82, 2.24) is 5.32 Å². The summed E-state index contributed by atoms with van der Waals surface area (Å²) in [7, 11) is 0. The van der Waals surface area contributed by atoms with Gasteiger partial charge in [0.15, 0.2) is 5.82 Å². The summed E-state index contributed by atoms with van der Waals surface area (Å²) >= 11 is 11.3. The maximum Gasteiger partial charge on any atom is 0.399 e. The highest BCUT2D eigenvalue weighted by Crippen LogP contribution is 2.39. The summed E-state index contributed by atoms with van der Waals surface area (Å²) in [5.41, 5.74) is 1.30. The molecule has 0 radical (unpaired) electrons. The van der Waals surface area contributed by atoms with Crippen LogP contribution in [-0.2, 0) is 4.74 Å². The van der Waals surface area contributed by atoms with Gasteiger partial charge in [0.05, 0.1) is 16.0 Å². The third-order valence-corrected chi connectivity index (χ3v) is 5.80. The number of rotatable bonds is 5. The summed E-state index contributed by atoms with van der Waals surface area (Å²) in [4.78, 5) is 12.5. The Hall–Kier alpha value is -2.09. The van der Waals surface area contributed by atoms with Crippen molar-refractivity contribution in [2.75, 3.05) is 13.2 Å². The van der Waals surface area contributed by atoms with Crippen LogP contribution in [0, 0.1) is 12.7 Å². The number of carbonyl (C=O) groups excluding carboxylic acids is 1. The number of amides is 1. The first kappa shape index (κ1) is 24.6. The summed E-state index contributed by atoms with van der Waals surface area (Å²) in [5.74, 6) is -3.23. The maximum atomic E-state index is 13.7. The van der Waals surface area contributed by atoms with Crippen LogP contribution in [-0.4, -0.2) is 31.3 Å². The Morgan fingerprint density at radius 2 is 1.78 bits per heavy atom. The molecule has 0 spiro atoms. The first-order chi connectivity index (χ1) is 15.1. The summed E-state index contributed by atoms with van der Waals surface area (Å²) in [5, 5.41) is 2.00. The summed E-state index contributed by atoms with van der Waals surface area (Å²) in [6.45, 7) is 2.91. The second-order valence-corrected chi connectivity index (χ2v) is 8.43. The Bertz CT molecular complexity index is 995. The van der Waals surface area contributed by atoms with E-state index in [1.54, 1.807) is 25.1 Å². The minimum absolute atomic E-state index is 0.0390. The van der Waals surface area contributed by atoms with E-state index in [9.17, 15) is 22.4 Å². The van der Waals surface area contributed by atoms with Crippen molar-refractivity contribution in [3.8, 4) is 0 Å². The van der Waals surface area contributed by atoms with E-state index in [0.29, 0.717) is 29.9 Å². The molecular weight excluding hydrogens is 469 g/mol. The Balaban J connectivity index is 1.80. The number of ether oxygens (including phenoxy) is 1. The van der Waals surface area contributed by atoms with Gasteiger partial charge in [-0.2, -0.15) is 13.2 Å². The van der Waals surface area contributed by atoms with Crippen LogP contribution in [0.25, 0.3) is 6.08 Å². The third kappa shape index (κ3) is 6.03. The van der Waals surface area contributed by atoms with Gasteiger partial charge >= 0.3 is 6.18 Å². The zero-order chi connectivity index (χ0) is 23.5. The average molecular weight is 490 g/mol. The normalized spacial score (nSPS) is 16.3. The average Bonchev–Trinajstić information content (AvgIpc) is 2.71. The number of halogens is 6. The number of nitrogens with one attached hydrogen (secondary N) is 1. The van der Waals surface area contributed by atoms with Crippen LogP contribution in [0.15, 0.2) is 36.4 Å². The van der Waals surface area contributed by atoms with E-state index in [1.165, 1.54) is 6.08 Å². The van der Waals surface area contributed by atoms with Crippen LogP contribution >= 0.6 is 23.2 Å². The standard InChI is InChI=1S/C23H21Cl2F4NO2/c1-13-10-14(2-4-17(13)22(31)30-16-6-8-32-9-7-16)3-5-18(23(27,28)29)15-11-19(24)21(26)20(25)12-15/h2-5,10-12,16,18H,6-9H2,1H3,(H,30,31). The van der Waals surface area contributed by atoms with Crippen molar-refractivity contribution in [3.05, 3.63) is 74.5 Å². The highest BCUT2D eigenvalue weighted by Gasteiger charge is 2.39. The lowest BCUT2D eigenvalue weighted by Gasteiger charge is -2.23. The zero-order valence-corrected chi connectivity index (χ0v) is 18.6. The molecule has 1 N–H and O–H groups in total. The number of benzene rings is 2. The third-order valence-electron chi connectivity index (χ3n) is 5.25. The molecular formula is C23H21Cl2F4NO2. The molecule has 1 fully saturated rings. The molecule has 2 aromatic rings. The minimum Gasteiger partial charge on any atom is -0.381 e. The summed E-state index contributed by atoms with van der Waals surface area (Å²) in [6, 6.07) is 6.66. The maximum absolute atomic E-state index is 13.7. The molecule has 0 saturated carbocycles. The van der Waals surface area contributed by atoms with Crippen LogP contribution in [0.2, 0.25) is 10.0 Å². The predicted octanol–water partition coefficient (Wildman–Crippen LogP) is 6.71. The molecule has 32 heavy (non-hydrogen) atoms. The Kier molecular flexibility index (Phi) is 7.85. The van der Waals surface area contributed by atoms with Crippen LogP contribution in [0.4, 0.5) is 17.6 Å². The number of allylic oxidation sites excluding steroid dienone is 1. The molecule has 2 aromatic carbocycles. The lowest BCUT2D eigenvalue weighted by Crippen LogP contribution is -2.39. The van der Waals surface area contributed by atoms with Crippen LogP contribution in [0.3, 0.4) is 0 Å². The van der Waals surface area contributed by atoms with Crippen molar-refractivity contribution in [3.63, 3.8) is 0 Å². The fourth-order valence-corrected chi connectivity index (χ4v) is 4.03. The largest absolute Gasteiger partial charge is 0.399 e. The molecule has 172 valence electrons. The molecule has 1 amide bonds. The van der Waals surface area contributed by atoms with Gasteiger partial charge in [-0.3, -0.25) is 4.79 Å². The molecule has 1 unspecified atom stereocenters. The second kappa shape index (κ2) is 10.2. The molecule has 9 heteroatoms. The smallest absolute Gasteiger partial charge is 0.381 e. The van der Waals surface area contributed by atoms with Crippen molar-refractivity contribution in [2.45, 2.75) is 37.9 Å². The second-order valence-electron chi connectivity index (χ2n) is 7.61. The Morgan fingerprint density at radius 3 is 2.34 bits per heavy atom. The molecule has 0 bridgehead atoms. The number of hydrogen-bond donors (Lipinski definition) is 1. The monoisotopic (exact) mass is 489 g/mol. The van der Waals surface area contributed by atoms with E-state index in [2.05, 4.69) is 5.32 Å². The molecule has 3 rings (SSSR count). The molecule has 0 aromatic heterocycles. The van der Waals surface area contributed by atoms with Gasteiger partial charge in [-0.05, 0) is 54.7 Å². The van der Waals surface area contributed by atoms with E-state index >= 15 is 0 Å². The fourth-order valence-electron chi connectivity index (χ4n) is 3.52. The molecule has 1 heterocycles. The first-order valence-electron chi connectivity index (χ1n) is 9.95. The Morgan fingerprint density at radius 1 is 1.16 bits per heavy atom. The van der Waals surface area contributed by atoms with Gasteiger partial charge in [0.1, 0.15) is 0 Å². The highest BCUT2D eigenvalue weighted by atomic mass is 35.5. The van der Waals surface area contributed by atoms with Crippen LogP contribution in [0.5, 0.6) is 0 Å². The summed E-state index contributed by atoms with van der Waals surface area (Å²) in [6.07, 6.45) is -0.907. The number of carbonyl (C=O) groups is 1. The van der Waals surface area contributed by atoms with Gasteiger partial charge in [0.2, 0.25) is 0 Å². The topological polar surface area (TPSA) is 38.3 Å². The number of hydrogen-bond acceptors (Lipinski definition) is 2. The van der Waals surface area contributed by atoms with Crippen molar-refractivity contribution < 1.29 is 27.1 Å². The van der Waals surface area contributed by atoms with E-state index in [0.717, 1.165) is 31.1 Å². The molecule has 1 saturated heterocycles. The van der Waals surface area contributed by atoms with Crippen LogP contribution in [0.1, 0.15) is 45.8 Å².